The number of nitrogens with one attached hydrogen (secondary N) is 1. The van der Waals surface area contributed by atoms with Crippen LogP contribution >= 0.6 is 0 Å². The zero-order valence-corrected chi connectivity index (χ0v) is 11.6. The van der Waals surface area contributed by atoms with Crippen LogP contribution in [0, 0.1) is 0 Å². The number of carboxylic acid groups (broad SMARTS) is 1. The van der Waals surface area contributed by atoms with Crippen molar-refractivity contribution in [2.24, 2.45) is 0 Å². The molecule has 0 amide bonds. The number of ether oxygens (including phenoxy) is 1. The fraction of sp³-hybridized carbons (Fsp3) is 0.933. The number of aliphatic carboxylic acids is 1. The Morgan fingerprint density at radius 2 is 1.95 bits per heavy atom. The van der Waals surface area contributed by atoms with Crippen molar-refractivity contribution < 1.29 is 14.6 Å². The first-order valence-electron chi connectivity index (χ1n) is 7.81. The second-order valence-electron chi connectivity index (χ2n) is 6.64. The molecule has 4 nitrogen and oxygen atoms in total. The first kappa shape index (κ1) is 13.4. The lowest BCUT2D eigenvalue weighted by atomic mass is 9.82. The molecule has 0 radical (unpaired) electrons. The maximum atomic E-state index is 11.6. The van der Waals surface area contributed by atoms with Crippen LogP contribution in [0.2, 0.25) is 0 Å². The maximum Gasteiger partial charge on any atom is 0.323 e. The van der Waals surface area contributed by atoms with E-state index in [1.54, 1.807) is 0 Å². The molecule has 1 aliphatic carbocycles. The van der Waals surface area contributed by atoms with Crippen molar-refractivity contribution in [2.45, 2.75) is 81.5 Å². The summed E-state index contributed by atoms with van der Waals surface area (Å²) < 4.78 is 6.32. The summed E-state index contributed by atoms with van der Waals surface area (Å²) in [5.74, 6) is -0.696. The monoisotopic (exact) mass is 267 g/mol. The van der Waals surface area contributed by atoms with Gasteiger partial charge in [-0.05, 0) is 45.1 Å². The van der Waals surface area contributed by atoms with E-state index in [9.17, 15) is 9.90 Å². The molecule has 2 heterocycles. The lowest BCUT2D eigenvalue weighted by Gasteiger charge is -2.34. The van der Waals surface area contributed by atoms with Gasteiger partial charge in [-0.2, -0.15) is 0 Å². The zero-order chi connectivity index (χ0) is 13.3. The zero-order valence-electron chi connectivity index (χ0n) is 11.6. The fourth-order valence-corrected chi connectivity index (χ4v) is 4.24. The third kappa shape index (κ3) is 2.52. The van der Waals surface area contributed by atoms with Gasteiger partial charge in [-0.15, -0.1) is 0 Å². The van der Waals surface area contributed by atoms with Gasteiger partial charge in [0.2, 0.25) is 0 Å². The summed E-state index contributed by atoms with van der Waals surface area (Å²) in [4.78, 5) is 11.6. The van der Waals surface area contributed by atoms with Crippen molar-refractivity contribution in [2.75, 3.05) is 6.54 Å². The van der Waals surface area contributed by atoms with Crippen LogP contribution in [-0.2, 0) is 9.53 Å². The Bertz CT molecular complexity index is 343. The van der Waals surface area contributed by atoms with Crippen molar-refractivity contribution in [1.29, 1.82) is 0 Å². The van der Waals surface area contributed by atoms with Gasteiger partial charge >= 0.3 is 5.97 Å². The third-order valence-corrected chi connectivity index (χ3v) is 5.33. The topological polar surface area (TPSA) is 58.6 Å². The Balaban J connectivity index is 1.63. The van der Waals surface area contributed by atoms with E-state index in [-0.39, 0.29) is 11.7 Å². The predicted octanol–water partition coefficient (Wildman–Crippen LogP) is 2.47. The summed E-state index contributed by atoms with van der Waals surface area (Å²) >= 11 is 0. The quantitative estimate of drug-likeness (QED) is 0.824. The van der Waals surface area contributed by atoms with Crippen molar-refractivity contribution >= 4 is 5.97 Å². The van der Waals surface area contributed by atoms with Crippen molar-refractivity contribution in [3.63, 3.8) is 0 Å². The molecule has 1 saturated carbocycles. The van der Waals surface area contributed by atoms with E-state index in [0.717, 1.165) is 32.2 Å². The first-order chi connectivity index (χ1) is 9.14. The Labute approximate surface area is 114 Å². The Morgan fingerprint density at radius 1 is 1.16 bits per heavy atom. The van der Waals surface area contributed by atoms with E-state index in [1.807, 2.05) is 0 Å². The maximum absolute atomic E-state index is 11.6. The summed E-state index contributed by atoms with van der Waals surface area (Å²) in [5, 5.41) is 12.7. The minimum absolute atomic E-state index is 0.0984. The Morgan fingerprint density at radius 3 is 2.58 bits per heavy atom. The molecule has 108 valence electrons. The number of rotatable bonds is 3. The van der Waals surface area contributed by atoms with Crippen LogP contribution in [0.3, 0.4) is 0 Å². The van der Waals surface area contributed by atoms with Crippen LogP contribution in [0.5, 0.6) is 0 Å². The van der Waals surface area contributed by atoms with Gasteiger partial charge in [0.05, 0.1) is 11.7 Å². The van der Waals surface area contributed by atoms with Gasteiger partial charge in [-0.3, -0.25) is 4.79 Å². The van der Waals surface area contributed by atoms with Crippen LogP contribution in [-0.4, -0.2) is 34.9 Å². The molecule has 1 spiro atoms. The molecule has 3 aliphatic rings. The first-order valence-corrected chi connectivity index (χ1v) is 7.81. The van der Waals surface area contributed by atoms with Gasteiger partial charge in [0, 0.05) is 6.42 Å². The highest BCUT2D eigenvalue weighted by Gasteiger charge is 2.47. The largest absolute Gasteiger partial charge is 0.480 e. The molecule has 2 aliphatic heterocycles. The fourth-order valence-electron chi connectivity index (χ4n) is 4.24. The molecule has 3 rings (SSSR count). The molecule has 4 heteroatoms. The molecule has 0 aromatic carbocycles. The molecule has 2 unspecified atom stereocenters. The standard InChI is InChI=1S/C15H25NO3/c17-13(18)15(8-4-10-16-15)11-12-5-9-14(19-12)6-2-1-3-7-14/h12,16H,1-11H2,(H,17,18). The second kappa shape index (κ2) is 5.06. The molecule has 3 fully saturated rings. The van der Waals surface area contributed by atoms with E-state index >= 15 is 0 Å². The van der Waals surface area contributed by atoms with Gasteiger partial charge in [-0.1, -0.05) is 19.3 Å². The van der Waals surface area contributed by atoms with Crippen LogP contribution in [0.4, 0.5) is 0 Å². The van der Waals surface area contributed by atoms with Crippen LogP contribution in [0.25, 0.3) is 0 Å². The highest BCUT2D eigenvalue weighted by atomic mass is 16.5. The molecule has 0 aromatic rings. The Hall–Kier alpha value is -0.610. The summed E-state index contributed by atoms with van der Waals surface area (Å²) in [5.41, 5.74) is -0.619. The van der Waals surface area contributed by atoms with Crippen LogP contribution in [0.15, 0.2) is 0 Å². The molecule has 2 saturated heterocycles. The summed E-state index contributed by atoms with van der Waals surface area (Å²) in [6.07, 6.45) is 10.9. The molecular formula is C15H25NO3. The predicted molar refractivity (Wildman–Crippen MR) is 72.1 cm³/mol. The summed E-state index contributed by atoms with van der Waals surface area (Å²) in [6, 6.07) is 0. The highest BCUT2D eigenvalue weighted by molar-refractivity contribution is 5.79. The van der Waals surface area contributed by atoms with Gasteiger partial charge in [-0.25, -0.2) is 0 Å². The lowest BCUT2D eigenvalue weighted by molar-refractivity contribution is -0.147. The average Bonchev–Trinajstić information content (AvgIpc) is 3.00. The average molecular weight is 267 g/mol. The number of carbonyl (C=O) groups is 1. The van der Waals surface area contributed by atoms with Gasteiger partial charge in [0.1, 0.15) is 5.54 Å². The summed E-state index contributed by atoms with van der Waals surface area (Å²) in [6.45, 7) is 0.824. The van der Waals surface area contributed by atoms with Crippen molar-refractivity contribution in [1.82, 2.24) is 5.32 Å². The van der Waals surface area contributed by atoms with Gasteiger partial charge in [0.25, 0.3) is 0 Å². The lowest BCUT2D eigenvalue weighted by Crippen LogP contribution is -2.50. The number of carboxylic acids is 1. The summed E-state index contributed by atoms with van der Waals surface area (Å²) in [7, 11) is 0. The third-order valence-electron chi connectivity index (χ3n) is 5.33. The molecule has 2 atom stereocenters. The van der Waals surface area contributed by atoms with E-state index in [0.29, 0.717) is 6.42 Å². The van der Waals surface area contributed by atoms with E-state index in [1.165, 1.54) is 32.1 Å². The van der Waals surface area contributed by atoms with E-state index in [4.69, 9.17) is 4.74 Å². The number of hydrogen-bond donors (Lipinski definition) is 2. The smallest absolute Gasteiger partial charge is 0.323 e. The van der Waals surface area contributed by atoms with Crippen molar-refractivity contribution in [3.8, 4) is 0 Å². The van der Waals surface area contributed by atoms with E-state index < -0.39 is 11.5 Å². The normalized spacial score (nSPS) is 37.8. The minimum atomic E-state index is -0.717. The molecule has 19 heavy (non-hydrogen) atoms. The molecule has 0 bridgehead atoms. The van der Waals surface area contributed by atoms with Crippen LogP contribution < -0.4 is 5.32 Å². The minimum Gasteiger partial charge on any atom is -0.480 e. The molecule has 0 aromatic heterocycles. The SMILES string of the molecule is O=C(O)C1(CC2CCC3(CCCCC3)O2)CCCN1. The Kier molecular flexibility index (Phi) is 3.56. The van der Waals surface area contributed by atoms with Gasteiger partial charge in [0.15, 0.2) is 0 Å². The van der Waals surface area contributed by atoms with E-state index in [2.05, 4.69) is 5.32 Å². The molecule has 2 N–H and O–H groups in total. The number of hydrogen-bond acceptors (Lipinski definition) is 3. The van der Waals surface area contributed by atoms with Crippen molar-refractivity contribution in [3.05, 3.63) is 0 Å². The second-order valence-corrected chi connectivity index (χ2v) is 6.64. The molecular weight excluding hydrogens is 242 g/mol. The van der Waals surface area contributed by atoms with Crippen LogP contribution in [0.1, 0.15) is 64.2 Å². The highest BCUT2D eigenvalue weighted by Crippen LogP contribution is 2.44. The van der Waals surface area contributed by atoms with Gasteiger partial charge < -0.3 is 15.2 Å².